The molecule has 0 aliphatic rings. The summed E-state index contributed by atoms with van der Waals surface area (Å²) in [6.07, 6.45) is 5.71. The number of hydrogen-bond acceptors (Lipinski definition) is 6. The minimum Gasteiger partial charge on any atom is -0.469 e. The van der Waals surface area contributed by atoms with Gasteiger partial charge >= 0.3 is 0 Å². The van der Waals surface area contributed by atoms with Crippen LogP contribution in [0.15, 0.2) is 79.3 Å². The van der Waals surface area contributed by atoms with Gasteiger partial charge in [0.15, 0.2) is 5.13 Å². The van der Waals surface area contributed by atoms with Crippen LogP contribution in [0.5, 0.6) is 0 Å². The van der Waals surface area contributed by atoms with Crippen molar-refractivity contribution in [3.05, 3.63) is 101 Å². The summed E-state index contributed by atoms with van der Waals surface area (Å²) in [6.45, 7) is 0.694. The maximum Gasteiger partial charge on any atom is 0.255 e. The summed E-state index contributed by atoms with van der Waals surface area (Å²) in [5.74, 6) is -0.144. The molecule has 5 rings (SSSR count). The number of halogens is 1. The molecule has 0 spiro atoms. The van der Waals surface area contributed by atoms with Crippen molar-refractivity contribution in [2.45, 2.75) is 6.54 Å². The van der Waals surface area contributed by atoms with E-state index in [0.717, 1.165) is 41.9 Å². The van der Waals surface area contributed by atoms with Crippen molar-refractivity contribution in [3.8, 4) is 10.6 Å². The number of rotatable bonds is 7. The van der Waals surface area contributed by atoms with Crippen LogP contribution in [0.3, 0.4) is 0 Å². The van der Waals surface area contributed by atoms with Crippen LogP contribution in [0.4, 0.5) is 16.5 Å². The fourth-order valence-electron chi connectivity index (χ4n) is 3.50. The van der Waals surface area contributed by atoms with Crippen molar-refractivity contribution >= 4 is 62.0 Å². The first kappa shape index (κ1) is 23.9. The number of carbonyl (C=O) groups is 1. The van der Waals surface area contributed by atoms with Crippen LogP contribution in [0.1, 0.15) is 15.9 Å². The van der Waals surface area contributed by atoms with E-state index in [9.17, 15) is 4.79 Å². The van der Waals surface area contributed by atoms with E-state index in [4.69, 9.17) is 0 Å². The van der Waals surface area contributed by atoms with Crippen LogP contribution in [0.2, 0.25) is 0 Å². The zero-order chi connectivity index (χ0) is 23.5. The second-order valence-corrected chi connectivity index (χ2v) is 9.69. The van der Waals surface area contributed by atoms with Crippen molar-refractivity contribution < 1.29 is 4.79 Å². The number of imidazole rings is 1. The largest absolute Gasteiger partial charge is 0.469 e. The number of amides is 1. The number of thiazole rings is 1. The van der Waals surface area contributed by atoms with E-state index in [1.54, 1.807) is 23.5 Å². The molecule has 35 heavy (non-hydrogen) atoms. The Hall–Kier alpha value is -4.28. The van der Waals surface area contributed by atoms with Crippen LogP contribution < -0.4 is 16.0 Å². The van der Waals surface area contributed by atoms with Gasteiger partial charge in [-0.2, -0.15) is 0 Å². The van der Waals surface area contributed by atoms with Gasteiger partial charge in [0, 0.05) is 27.2 Å². The molecule has 0 saturated heterocycles. The normalized spacial score (nSPS) is 10.7. The van der Waals surface area contributed by atoms with Gasteiger partial charge in [0.05, 0.1) is 22.5 Å². The maximum atomic E-state index is 12.6. The fourth-order valence-corrected chi connectivity index (χ4v) is 4.86. The maximum absolute atomic E-state index is 12.6. The summed E-state index contributed by atoms with van der Waals surface area (Å²) in [5.41, 5.74) is 5.23. The van der Waals surface area contributed by atoms with E-state index in [2.05, 4.69) is 55.6 Å². The summed E-state index contributed by atoms with van der Waals surface area (Å²) in [6, 6.07) is 19.1. The summed E-state index contributed by atoms with van der Waals surface area (Å²) < 4.78 is 3.04. The first-order valence-corrected chi connectivity index (χ1v) is 12.4. The van der Waals surface area contributed by atoms with E-state index in [-0.39, 0.29) is 5.91 Å². The van der Waals surface area contributed by atoms with Gasteiger partial charge in [-0.3, -0.25) is 16.2 Å². The topological polar surface area (TPSA) is 83.3 Å². The number of pyridine rings is 1. The molecule has 0 aliphatic carbocycles. The van der Waals surface area contributed by atoms with Crippen LogP contribution in [0, 0.1) is 10.6 Å². The quantitative estimate of drug-likeness (QED) is 0.140. The number of nitrogens with one attached hydrogen (secondary N) is 3. The molecule has 1 amide bonds. The molecule has 182 valence electrons. The third-order valence-corrected chi connectivity index (χ3v) is 7.06. The molecule has 0 bridgehead atoms. The minimum atomic E-state index is -0.144. The number of carbonyl (C=O) groups excluding carboxylic acids is 1. The number of para-hydroxylation sites is 1. The Kier molecular flexibility index (Phi) is 7.04. The van der Waals surface area contributed by atoms with Crippen molar-refractivity contribution in [2.75, 3.05) is 10.6 Å². The van der Waals surface area contributed by atoms with E-state index in [1.165, 1.54) is 0 Å². The summed E-state index contributed by atoms with van der Waals surface area (Å²) in [5, 5.41) is 9.94. The van der Waals surface area contributed by atoms with Gasteiger partial charge in [-0.15, -0.1) is 0 Å². The molecule has 3 N–H and O–H groups in total. The molecular weight excluding hydrogens is 816 g/mol. The predicted octanol–water partition coefficient (Wildman–Crippen LogP) is 5.94. The van der Waals surface area contributed by atoms with Gasteiger partial charge in [0.1, 0.15) is 5.65 Å². The molecule has 10 heteroatoms. The Morgan fingerprint density at radius 3 is 2.63 bits per heavy atom. The van der Waals surface area contributed by atoms with E-state index in [0.29, 0.717) is 12.1 Å². The first-order valence-electron chi connectivity index (χ1n) is 10.5. The third kappa shape index (κ3) is 5.13. The molecule has 7 nitrogen and oxygen atoms in total. The molecule has 5 aromatic rings. The Morgan fingerprint density at radius 1 is 1.06 bits per heavy atom. The minimum absolute atomic E-state index is 0. The molecule has 0 radical (unpaired) electrons. The second-order valence-electron chi connectivity index (χ2n) is 7.50. The standard InChI is InChI=1S/C25H20IN6OS.Fm/c1-27-13-16-10-11-32-21(14-28-23(32)12-16)22-15-29-25(34-22)30-18-8-6-17(7-9-18)24(33)31-20-5-3-2-4-19(20)26;/h2-12,14-15,27H,1,13H2,(H,29,30)(H,31,33);/q-1;. The van der Waals surface area contributed by atoms with Crippen molar-refractivity contribution in [3.63, 3.8) is 0 Å². The van der Waals surface area contributed by atoms with Gasteiger partial charge in [-0.05, 0) is 83.2 Å². The molecule has 3 aromatic heterocycles. The smallest absolute Gasteiger partial charge is 0.255 e. The average Bonchev–Trinajstić information content (AvgIpc) is 3.48. The second kappa shape index (κ2) is 10.3. The molecule has 3 heterocycles. The number of hydrogen-bond donors (Lipinski definition) is 3. The van der Waals surface area contributed by atoms with Crippen LogP contribution >= 0.6 is 33.9 Å². The fraction of sp³-hybridized carbons (Fsp3) is 0.0400. The molecule has 2 aromatic carbocycles. The van der Waals surface area contributed by atoms with Crippen LogP contribution in [-0.2, 0) is 6.54 Å². The Bertz CT molecular complexity index is 1470. The zero-order valence-electron chi connectivity index (χ0n) is 18.2. The molecular formula is C25H20FmIN6OS-. The van der Waals surface area contributed by atoms with Gasteiger partial charge in [0.25, 0.3) is 5.91 Å². The summed E-state index contributed by atoms with van der Waals surface area (Å²) in [4.78, 5) is 22.6. The van der Waals surface area contributed by atoms with Crippen LogP contribution in [0.25, 0.3) is 16.2 Å². The summed E-state index contributed by atoms with van der Waals surface area (Å²) in [7, 11) is 3.67. The third-order valence-electron chi connectivity index (χ3n) is 5.19. The number of anilines is 3. The van der Waals surface area contributed by atoms with Gasteiger partial charge in [0.2, 0.25) is 0 Å². The Morgan fingerprint density at radius 2 is 1.86 bits per heavy atom. The molecule has 0 atom stereocenters. The zero-order valence-corrected chi connectivity index (χ0v) is 23.6. The van der Waals surface area contributed by atoms with Crippen molar-refractivity contribution in [1.29, 1.82) is 0 Å². The van der Waals surface area contributed by atoms with E-state index < -0.39 is 0 Å². The first-order chi connectivity index (χ1) is 16.6. The molecule has 0 fully saturated rings. The molecule has 0 saturated carbocycles. The monoisotopic (exact) mass is 836 g/mol. The van der Waals surface area contributed by atoms with Crippen molar-refractivity contribution in [1.82, 2.24) is 19.7 Å². The van der Waals surface area contributed by atoms with Gasteiger partial charge < -0.3 is 16.0 Å². The number of nitrogens with zero attached hydrogens (tertiary/aromatic N) is 3. The average molecular weight is 836 g/mol. The predicted molar refractivity (Wildman–Crippen MR) is 145 cm³/mol. The van der Waals surface area contributed by atoms with Crippen LogP contribution in [-0.4, -0.2) is 20.3 Å². The van der Waals surface area contributed by atoms with Gasteiger partial charge in [-0.25, -0.2) is 9.97 Å². The van der Waals surface area contributed by atoms with Gasteiger partial charge in [-0.1, -0.05) is 23.5 Å². The van der Waals surface area contributed by atoms with E-state index >= 15 is 0 Å². The number of fused-ring (bicyclic) bond motifs is 1. The SMILES string of the molecule is [CH2-]NCc1ccn2c(-c3cnc(Nc4ccc(C(=O)Nc5ccccc5I)cc4)s3)cnc2c1.[Fm]. The summed E-state index contributed by atoms with van der Waals surface area (Å²) >= 11 is 3.75. The molecule has 0 aliphatic heterocycles. The Balaban J connectivity index is 0.00000289. The van der Waals surface area contributed by atoms with E-state index in [1.807, 2.05) is 71.5 Å². The number of benzene rings is 2. The number of aromatic nitrogens is 3. The van der Waals surface area contributed by atoms with Crippen molar-refractivity contribution in [2.24, 2.45) is 0 Å². The Labute approximate surface area is 214 Å². The molecule has 0 unspecified atom stereocenters.